The van der Waals surface area contributed by atoms with Crippen LogP contribution in [0.3, 0.4) is 0 Å². The Morgan fingerprint density at radius 2 is 2.19 bits per heavy atom. The van der Waals surface area contributed by atoms with Gasteiger partial charge in [0, 0.05) is 12.6 Å². The topological polar surface area (TPSA) is 44.8 Å². The molecule has 1 N–H and O–H groups in total. The van der Waals surface area contributed by atoms with Gasteiger partial charge in [-0.25, -0.2) is 0 Å². The molecule has 0 aromatic carbocycles. The summed E-state index contributed by atoms with van der Waals surface area (Å²) >= 11 is 0. The van der Waals surface area contributed by atoms with Crippen LogP contribution in [0, 0.1) is 0 Å². The second-order valence-corrected chi connectivity index (χ2v) is 6.55. The van der Waals surface area contributed by atoms with Crippen molar-refractivity contribution >= 4 is 5.97 Å². The summed E-state index contributed by atoms with van der Waals surface area (Å²) in [4.78, 5) is 16.8. The van der Waals surface area contributed by atoms with Crippen LogP contribution >= 0.6 is 0 Å². The fraction of sp³-hybridized carbons (Fsp3) is 0.938. The molecule has 0 saturated carbocycles. The number of nitrogens with zero attached hydrogens (tertiary/aromatic N) is 2. The first-order valence-electron chi connectivity index (χ1n) is 8.15. The van der Waals surface area contributed by atoms with E-state index in [4.69, 9.17) is 4.74 Å². The van der Waals surface area contributed by atoms with Crippen molar-refractivity contribution in [3.05, 3.63) is 0 Å². The molecule has 1 aliphatic rings. The minimum atomic E-state index is -0.555. The predicted octanol–water partition coefficient (Wildman–Crippen LogP) is 1.33. The standard InChI is InChI=1S/C16H33N3O2/c1-6-17-16(2,15(20)21-5)10-8-12-19-11-7-9-14(19)13-18(3)4/h14,17H,6-13H2,1-5H3. The number of nitrogens with one attached hydrogen (secondary N) is 1. The summed E-state index contributed by atoms with van der Waals surface area (Å²) in [6.07, 6.45) is 4.42. The highest BCUT2D eigenvalue weighted by Crippen LogP contribution is 2.20. The highest BCUT2D eigenvalue weighted by molar-refractivity contribution is 5.80. The van der Waals surface area contributed by atoms with E-state index in [2.05, 4.69) is 29.2 Å². The maximum atomic E-state index is 12.0. The van der Waals surface area contributed by atoms with Crippen LogP contribution in [0.1, 0.15) is 39.5 Å². The minimum Gasteiger partial charge on any atom is -0.468 e. The van der Waals surface area contributed by atoms with Crippen LogP contribution < -0.4 is 5.32 Å². The molecule has 0 bridgehead atoms. The minimum absolute atomic E-state index is 0.157. The molecule has 1 saturated heterocycles. The number of carbonyl (C=O) groups is 1. The second-order valence-electron chi connectivity index (χ2n) is 6.55. The van der Waals surface area contributed by atoms with Crippen LogP contribution in [-0.2, 0) is 9.53 Å². The highest BCUT2D eigenvalue weighted by atomic mass is 16.5. The zero-order valence-corrected chi connectivity index (χ0v) is 14.4. The van der Waals surface area contributed by atoms with Crippen molar-refractivity contribution in [3.63, 3.8) is 0 Å². The van der Waals surface area contributed by atoms with Gasteiger partial charge in [-0.05, 0) is 66.3 Å². The molecule has 5 heteroatoms. The number of hydrogen-bond donors (Lipinski definition) is 1. The van der Waals surface area contributed by atoms with Gasteiger partial charge in [-0.3, -0.25) is 9.69 Å². The average molecular weight is 299 g/mol. The van der Waals surface area contributed by atoms with Crippen LogP contribution in [0.15, 0.2) is 0 Å². The van der Waals surface area contributed by atoms with E-state index in [9.17, 15) is 4.79 Å². The van der Waals surface area contributed by atoms with E-state index in [1.54, 1.807) is 0 Å². The number of carbonyl (C=O) groups excluding carboxylic acids is 1. The van der Waals surface area contributed by atoms with Crippen molar-refractivity contribution in [2.75, 3.05) is 47.4 Å². The first-order chi connectivity index (χ1) is 9.92. The Bertz CT molecular complexity index is 323. The van der Waals surface area contributed by atoms with Crippen LogP contribution in [0.25, 0.3) is 0 Å². The Kier molecular flexibility index (Phi) is 7.63. The number of methoxy groups -OCH3 is 1. The van der Waals surface area contributed by atoms with Gasteiger partial charge in [0.05, 0.1) is 7.11 Å². The quantitative estimate of drug-likeness (QED) is 0.651. The third-order valence-electron chi connectivity index (χ3n) is 4.40. The molecular formula is C16H33N3O2. The van der Waals surface area contributed by atoms with E-state index in [1.165, 1.54) is 26.5 Å². The lowest BCUT2D eigenvalue weighted by Crippen LogP contribution is -2.50. The van der Waals surface area contributed by atoms with Crippen molar-refractivity contribution in [3.8, 4) is 0 Å². The Balaban J connectivity index is 2.44. The van der Waals surface area contributed by atoms with Gasteiger partial charge in [-0.15, -0.1) is 0 Å². The van der Waals surface area contributed by atoms with Gasteiger partial charge in [-0.2, -0.15) is 0 Å². The molecule has 0 aliphatic carbocycles. The fourth-order valence-electron chi connectivity index (χ4n) is 3.33. The molecular weight excluding hydrogens is 266 g/mol. The number of likely N-dealkylation sites (N-methyl/N-ethyl adjacent to an activating group) is 2. The largest absolute Gasteiger partial charge is 0.468 e. The first kappa shape index (κ1) is 18.4. The number of hydrogen-bond acceptors (Lipinski definition) is 5. The summed E-state index contributed by atoms with van der Waals surface area (Å²) in [6, 6.07) is 0.670. The van der Waals surface area contributed by atoms with Crippen LogP contribution in [-0.4, -0.2) is 74.7 Å². The third kappa shape index (κ3) is 5.57. The van der Waals surface area contributed by atoms with Gasteiger partial charge in [0.1, 0.15) is 5.54 Å². The Morgan fingerprint density at radius 3 is 2.76 bits per heavy atom. The van der Waals surface area contributed by atoms with Gasteiger partial charge in [0.2, 0.25) is 0 Å². The zero-order valence-electron chi connectivity index (χ0n) is 14.4. The molecule has 1 rings (SSSR count). The van der Waals surface area contributed by atoms with Crippen molar-refractivity contribution < 1.29 is 9.53 Å². The molecule has 0 aromatic heterocycles. The maximum Gasteiger partial charge on any atom is 0.325 e. The summed E-state index contributed by atoms with van der Waals surface area (Å²) in [5.41, 5.74) is -0.555. The van der Waals surface area contributed by atoms with Gasteiger partial charge >= 0.3 is 5.97 Å². The van der Waals surface area contributed by atoms with Crippen molar-refractivity contribution in [1.29, 1.82) is 0 Å². The summed E-state index contributed by atoms with van der Waals surface area (Å²) in [7, 11) is 5.73. The molecule has 1 aliphatic heterocycles. The van der Waals surface area contributed by atoms with Crippen LogP contribution in [0.4, 0.5) is 0 Å². The SMILES string of the molecule is CCNC(C)(CCCN1CCCC1CN(C)C)C(=O)OC. The normalized spacial score (nSPS) is 22.5. The maximum absolute atomic E-state index is 12.0. The van der Waals surface area contributed by atoms with E-state index in [1.807, 2.05) is 13.8 Å². The third-order valence-corrected chi connectivity index (χ3v) is 4.40. The fourth-order valence-corrected chi connectivity index (χ4v) is 3.33. The molecule has 1 heterocycles. The lowest BCUT2D eigenvalue weighted by molar-refractivity contribution is -0.148. The molecule has 21 heavy (non-hydrogen) atoms. The van der Waals surface area contributed by atoms with E-state index < -0.39 is 5.54 Å². The van der Waals surface area contributed by atoms with Gasteiger partial charge in [0.15, 0.2) is 0 Å². The molecule has 0 radical (unpaired) electrons. The van der Waals surface area contributed by atoms with E-state index in [-0.39, 0.29) is 5.97 Å². The number of likely N-dealkylation sites (tertiary alicyclic amines) is 1. The molecule has 2 unspecified atom stereocenters. The van der Waals surface area contributed by atoms with Crippen LogP contribution in [0.2, 0.25) is 0 Å². The number of rotatable bonds is 9. The van der Waals surface area contributed by atoms with E-state index in [0.29, 0.717) is 6.04 Å². The first-order valence-corrected chi connectivity index (χ1v) is 8.15. The molecule has 5 nitrogen and oxygen atoms in total. The molecule has 124 valence electrons. The summed E-state index contributed by atoms with van der Waals surface area (Å²) in [5, 5.41) is 3.28. The molecule has 0 aromatic rings. The summed E-state index contributed by atoms with van der Waals surface area (Å²) in [5.74, 6) is -0.157. The van der Waals surface area contributed by atoms with Crippen molar-refractivity contribution in [2.24, 2.45) is 0 Å². The van der Waals surface area contributed by atoms with Gasteiger partial charge in [-0.1, -0.05) is 6.92 Å². The van der Waals surface area contributed by atoms with Gasteiger partial charge in [0.25, 0.3) is 0 Å². The highest BCUT2D eigenvalue weighted by Gasteiger charge is 2.33. The van der Waals surface area contributed by atoms with Crippen molar-refractivity contribution in [2.45, 2.75) is 51.1 Å². The Morgan fingerprint density at radius 1 is 1.48 bits per heavy atom. The molecule has 0 spiro atoms. The Labute approximate surface area is 130 Å². The summed E-state index contributed by atoms with van der Waals surface area (Å²) in [6.45, 7) is 8.13. The van der Waals surface area contributed by atoms with E-state index >= 15 is 0 Å². The summed E-state index contributed by atoms with van der Waals surface area (Å²) < 4.78 is 4.94. The van der Waals surface area contributed by atoms with E-state index in [0.717, 1.165) is 32.5 Å². The lowest BCUT2D eigenvalue weighted by Gasteiger charge is -2.30. The second kappa shape index (κ2) is 8.71. The number of ether oxygens (including phenoxy) is 1. The smallest absolute Gasteiger partial charge is 0.325 e. The molecule has 1 fully saturated rings. The Hall–Kier alpha value is -0.650. The zero-order chi connectivity index (χ0) is 15.9. The number of esters is 1. The van der Waals surface area contributed by atoms with Crippen LogP contribution in [0.5, 0.6) is 0 Å². The lowest BCUT2D eigenvalue weighted by atomic mass is 9.95. The molecule has 2 atom stereocenters. The average Bonchev–Trinajstić information content (AvgIpc) is 2.84. The predicted molar refractivity (Wildman–Crippen MR) is 86.5 cm³/mol. The monoisotopic (exact) mass is 299 g/mol. The molecule has 0 amide bonds. The van der Waals surface area contributed by atoms with Crippen molar-refractivity contribution in [1.82, 2.24) is 15.1 Å². The van der Waals surface area contributed by atoms with Gasteiger partial charge < -0.3 is 15.0 Å².